The van der Waals surface area contributed by atoms with Gasteiger partial charge >= 0.3 is 23.9 Å². The van der Waals surface area contributed by atoms with Crippen molar-refractivity contribution in [3.05, 3.63) is 0 Å². The van der Waals surface area contributed by atoms with Gasteiger partial charge in [0.05, 0.1) is 13.2 Å². The molecule has 0 spiro atoms. The van der Waals surface area contributed by atoms with Crippen molar-refractivity contribution in [3.8, 4) is 0 Å². The van der Waals surface area contributed by atoms with E-state index in [1.165, 1.54) is 18.9 Å². The number of carbonyl (C=O) groups is 2. The van der Waals surface area contributed by atoms with Crippen LogP contribution in [0.15, 0.2) is 0 Å². The molecule has 1 aliphatic rings. The Labute approximate surface area is 138 Å². The van der Waals surface area contributed by atoms with Crippen molar-refractivity contribution in [3.63, 3.8) is 0 Å². The van der Waals surface area contributed by atoms with Crippen LogP contribution in [0.5, 0.6) is 0 Å². The fourth-order valence-corrected chi connectivity index (χ4v) is 2.09. The van der Waals surface area contributed by atoms with Gasteiger partial charge in [-0.2, -0.15) is 13.2 Å². The fraction of sp³-hybridized carbons (Fsp3) is 0.846. The number of piperazine rings is 1. The smallest absolute Gasteiger partial charge is 0.437 e. The van der Waals surface area contributed by atoms with Crippen LogP contribution in [0.2, 0.25) is 0 Å². The van der Waals surface area contributed by atoms with Gasteiger partial charge in [-0.15, -0.1) is 0 Å². The molecule has 0 unspecified atom stereocenters. The lowest BCUT2D eigenvalue weighted by Crippen LogP contribution is -2.76. The van der Waals surface area contributed by atoms with Crippen LogP contribution in [0.4, 0.5) is 18.0 Å². The summed E-state index contributed by atoms with van der Waals surface area (Å²) in [5, 5.41) is 2.82. The zero-order valence-corrected chi connectivity index (χ0v) is 13.9. The lowest BCUT2D eigenvalue weighted by atomic mass is 10.1. The molecular formula is C13H23F3N4O4. The Balaban J connectivity index is 3.09. The number of likely N-dealkylation sites (N-methyl/N-ethyl adjacent to an activating group) is 1. The van der Waals surface area contributed by atoms with Crippen LogP contribution >= 0.6 is 0 Å². The summed E-state index contributed by atoms with van der Waals surface area (Å²) in [6.07, 6.45) is -6.51. The van der Waals surface area contributed by atoms with Gasteiger partial charge in [0.2, 0.25) is 0 Å². The van der Waals surface area contributed by atoms with Crippen LogP contribution in [0.3, 0.4) is 0 Å². The molecule has 1 atom stereocenters. The van der Waals surface area contributed by atoms with Gasteiger partial charge in [-0.25, -0.2) is 20.0 Å². The molecule has 1 amide bonds. The standard InChI is InChI=1S/C13H23F3N4O4/c1-4-23-10(21)12(13(14,15)16,17-11(22)24-5-2)18-20-8-6-19(3)7-9-20/h18H,4-9H2,1-3H3,(H,17,22)/t12-/m0/s1. The first-order valence-corrected chi connectivity index (χ1v) is 7.56. The first kappa shape index (κ1) is 20.5. The largest absolute Gasteiger partial charge is 0.463 e. The molecular weight excluding hydrogens is 333 g/mol. The van der Waals surface area contributed by atoms with E-state index in [1.54, 1.807) is 5.32 Å². The minimum Gasteiger partial charge on any atom is -0.463 e. The van der Waals surface area contributed by atoms with Crippen molar-refractivity contribution in [2.75, 3.05) is 46.4 Å². The number of halogens is 3. The van der Waals surface area contributed by atoms with Crippen molar-refractivity contribution in [2.24, 2.45) is 0 Å². The maximum atomic E-state index is 13.7. The molecule has 1 heterocycles. The fourth-order valence-electron chi connectivity index (χ4n) is 2.09. The number of alkyl carbamates (subject to hydrolysis) is 1. The Morgan fingerprint density at radius 1 is 1.04 bits per heavy atom. The van der Waals surface area contributed by atoms with E-state index in [0.717, 1.165) is 0 Å². The van der Waals surface area contributed by atoms with Gasteiger partial charge in [0, 0.05) is 26.2 Å². The van der Waals surface area contributed by atoms with Crippen molar-refractivity contribution in [1.29, 1.82) is 0 Å². The third kappa shape index (κ3) is 4.95. The van der Waals surface area contributed by atoms with Gasteiger partial charge in [-0.1, -0.05) is 0 Å². The SMILES string of the molecule is CCOC(=O)N[C@](NN1CCN(C)CC1)(C(=O)OCC)C(F)(F)F. The number of rotatable bonds is 6. The van der Waals surface area contributed by atoms with Gasteiger partial charge in [0.1, 0.15) is 0 Å². The Kier molecular flexibility index (Phi) is 7.24. The number of nitrogens with one attached hydrogen (secondary N) is 2. The number of ether oxygens (including phenoxy) is 2. The lowest BCUT2D eigenvalue weighted by molar-refractivity contribution is -0.231. The normalized spacial score (nSPS) is 19.4. The Morgan fingerprint density at radius 2 is 1.58 bits per heavy atom. The molecule has 0 aromatic heterocycles. The van der Waals surface area contributed by atoms with Crippen LogP contribution in [0.1, 0.15) is 13.8 Å². The number of esters is 1. The Bertz CT molecular complexity index is 441. The van der Waals surface area contributed by atoms with E-state index < -0.39 is 23.9 Å². The van der Waals surface area contributed by atoms with E-state index in [2.05, 4.69) is 14.9 Å². The van der Waals surface area contributed by atoms with Gasteiger partial charge in [0.15, 0.2) is 0 Å². The summed E-state index contributed by atoms with van der Waals surface area (Å²) in [4.78, 5) is 25.6. The lowest BCUT2D eigenvalue weighted by Gasteiger charge is -2.41. The average Bonchev–Trinajstić information content (AvgIpc) is 2.48. The predicted octanol–water partition coefficient (Wildman–Crippen LogP) is 0.306. The first-order valence-electron chi connectivity index (χ1n) is 7.56. The van der Waals surface area contributed by atoms with Crippen molar-refractivity contribution in [2.45, 2.75) is 25.7 Å². The van der Waals surface area contributed by atoms with Crippen LogP contribution in [0, 0.1) is 0 Å². The number of nitrogens with zero attached hydrogens (tertiary/aromatic N) is 2. The highest BCUT2D eigenvalue weighted by molar-refractivity contribution is 5.86. The summed E-state index contributed by atoms with van der Waals surface area (Å²) in [5.41, 5.74) is -1.31. The van der Waals surface area contributed by atoms with E-state index in [4.69, 9.17) is 0 Å². The van der Waals surface area contributed by atoms with Gasteiger partial charge in [-0.05, 0) is 20.9 Å². The van der Waals surface area contributed by atoms with Gasteiger partial charge < -0.3 is 14.4 Å². The van der Waals surface area contributed by atoms with E-state index in [1.807, 2.05) is 11.9 Å². The minimum absolute atomic E-state index is 0.142. The molecule has 11 heteroatoms. The number of alkyl halides is 3. The minimum atomic E-state index is -5.14. The van der Waals surface area contributed by atoms with Crippen LogP contribution in [-0.4, -0.2) is 80.3 Å². The van der Waals surface area contributed by atoms with Crippen LogP contribution < -0.4 is 10.7 Å². The topological polar surface area (TPSA) is 83.1 Å². The zero-order chi connectivity index (χ0) is 18.4. The summed E-state index contributed by atoms with van der Waals surface area (Å²) in [7, 11) is 1.83. The van der Waals surface area contributed by atoms with Crippen molar-refractivity contribution in [1.82, 2.24) is 20.7 Å². The quantitative estimate of drug-likeness (QED) is 0.523. The summed E-state index contributed by atoms with van der Waals surface area (Å²) in [6.45, 7) is 3.87. The molecule has 1 aliphatic heterocycles. The molecule has 1 rings (SSSR count). The Hall–Kier alpha value is -1.59. The third-order valence-corrected chi connectivity index (χ3v) is 3.40. The molecule has 0 saturated carbocycles. The molecule has 0 aromatic carbocycles. The Morgan fingerprint density at radius 3 is 2.04 bits per heavy atom. The molecule has 8 nitrogen and oxygen atoms in total. The second-order valence-corrected chi connectivity index (χ2v) is 5.22. The summed E-state index contributed by atoms with van der Waals surface area (Å²) >= 11 is 0. The van der Waals surface area contributed by atoms with E-state index >= 15 is 0 Å². The monoisotopic (exact) mass is 356 g/mol. The molecule has 1 fully saturated rings. The molecule has 24 heavy (non-hydrogen) atoms. The van der Waals surface area contributed by atoms with Gasteiger partial charge in [0.25, 0.3) is 0 Å². The highest BCUT2D eigenvalue weighted by Gasteiger charge is 2.64. The predicted molar refractivity (Wildman–Crippen MR) is 77.8 cm³/mol. The maximum Gasteiger partial charge on any atom is 0.437 e. The first-order chi connectivity index (χ1) is 11.2. The maximum absolute atomic E-state index is 13.7. The molecule has 0 radical (unpaired) electrons. The second-order valence-electron chi connectivity index (χ2n) is 5.22. The summed E-state index contributed by atoms with van der Waals surface area (Å²) < 4.78 is 50.2. The molecule has 140 valence electrons. The number of carbonyl (C=O) groups excluding carboxylic acids is 2. The average molecular weight is 356 g/mol. The second kappa shape index (κ2) is 8.49. The number of hydrogen-bond acceptors (Lipinski definition) is 7. The number of hydrazine groups is 1. The van der Waals surface area contributed by atoms with E-state index in [9.17, 15) is 22.8 Å². The van der Waals surface area contributed by atoms with Crippen LogP contribution in [-0.2, 0) is 14.3 Å². The zero-order valence-electron chi connectivity index (χ0n) is 13.9. The highest BCUT2D eigenvalue weighted by Crippen LogP contribution is 2.30. The summed E-state index contributed by atoms with van der Waals surface area (Å²) in [6, 6.07) is 0. The molecule has 2 N–H and O–H groups in total. The van der Waals surface area contributed by atoms with Crippen molar-refractivity contribution < 1.29 is 32.2 Å². The van der Waals surface area contributed by atoms with Crippen molar-refractivity contribution >= 4 is 12.1 Å². The highest BCUT2D eigenvalue weighted by atomic mass is 19.4. The number of hydrogen-bond donors (Lipinski definition) is 2. The molecule has 0 aliphatic carbocycles. The third-order valence-electron chi connectivity index (χ3n) is 3.40. The molecule has 1 saturated heterocycles. The van der Waals surface area contributed by atoms with E-state index in [-0.39, 0.29) is 26.3 Å². The van der Waals surface area contributed by atoms with E-state index in [0.29, 0.717) is 13.1 Å². The number of amides is 1. The molecule has 0 aromatic rings. The molecule has 0 bridgehead atoms. The van der Waals surface area contributed by atoms with Gasteiger partial charge in [-0.3, -0.25) is 5.32 Å². The van der Waals surface area contributed by atoms with Crippen LogP contribution in [0.25, 0.3) is 0 Å². The summed E-state index contributed by atoms with van der Waals surface area (Å²) in [5.74, 6) is -1.65.